The zero-order chi connectivity index (χ0) is 22.3. The van der Waals surface area contributed by atoms with E-state index in [1.165, 1.54) is 30.2 Å². The molecule has 0 aliphatic carbocycles. The van der Waals surface area contributed by atoms with Gasteiger partial charge in [-0.25, -0.2) is 14.4 Å². The average Bonchev–Trinajstić information content (AvgIpc) is 2.84. The molecule has 0 radical (unpaired) electrons. The second-order valence-electron chi connectivity index (χ2n) is 7.21. The summed E-state index contributed by atoms with van der Waals surface area (Å²) in [7, 11) is 1.67. The van der Waals surface area contributed by atoms with Gasteiger partial charge in [0, 0.05) is 44.0 Å². The summed E-state index contributed by atoms with van der Waals surface area (Å²) in [5, 5.41) is 3.29. The van der Waals surface area contributed by atoms with Gasteiger partial charge < -0.3 is 19.9 Å². The Labute approximate surface area is 190 Å². The lowest BCUT2D eigenvalue weighted by Gasteiger charge is -2.36. The maximum Gasteiger partial charge on any atom is 0.234 e. The fraction of sp³-hybridized carbons (Fsp3) is 0.261. The third kappa shape index (κ3) is 5.47. The van der Waals surface area contributed by atoms with Gasteiger partial charge in [0.05, 0.1) is 18.6 Å². The number of benzene rings is 2. The van der Waals surface area contributed by atoms with Gasteiger partial charge in [-0.1, -0.05) is 30.0 Å². The average molecular weight is 454 g/mol. The number of hydrogen-bond acceptors (Lipinski definition) is 7. The van der Waals surface area contributed by atoms with Crippen molar-refractivity contribution in [2.75, 3.05) is 54.2 Å². The standard InChI is InChI=1S/C23H24FN5O2S/c1-31-18-6-4-5-17(13-18)28-9-11-29(12-10-28)21-14-23(26-16-25-21)32-15-22(30)27-20-8-3-2-7-19(20)24/h2-8,13-14,16H,9-12,15H2,1H3,(H,27,30). The lowest BCUT2D eigenvalue weighted by molar-refractivity contribution is -0.113. The van der Waals surface area contributed by atoms with Crippen molar-refractivity contribution < 1.29 is 13.9 Å². The molecule has 0 bridgehead atoms. The van der Waals surface area contributed by atoms with E-state index in [0.717, 1.165) is 43.4 Å². The lowest BCUT2D eigenvalue weighted by Crippen LogP contribution is -2.46. The summed E-state index contributed by atoms with van der Waals surface area (Å²) in [5.41, 5.74) is 1.32. The van der Waals surface area contributed by atoms with Crippen LogP contribution >= 0.6 is 11.8 Å². The van der Waals surface area contributed by atoms with E-state index >= 15 is 0 Å². The lowest BCUT2D eigenvalue weighted by atomic mass is 10.2. The largest absolute Gasteiger partial charge is 0.497 e. The quantitative estimate of drug-likeness (QED) is 0.432. The van der Waals surface area contributed by atoms with Crippen LogP contribution < -0.4 is 19.9 Å². The van der Waals surface area contributed by atoms with Crippen LogP contribution in [0.1, 0.15) is 0 Å². The zero-order valence-corrected chi connectivity index (χ0v) is 18.5. The van der Waals surface area contributed by atoms with Gasteiger partial charge in [0.2, 0.25) is 5.91 Å². The maximum absolute atomic E-state index is 13.7. The molecule has 1 saturated heterocycles. The smallest absolute Gasteiger partial charge is 0.234 e. The molecule has 0 saturated carbocycles. The van der Waals surface area contributed by atoms with Crippen LogP contribution in [0.25, 0.3) is 0 Å². The first-order valence-electron chi connectivity index (χ1n) is 10.3. The number of nitrogens with zero attached hydrogens (tertiary/aromatic N) is 4. The van der Waals surface area contributed by atoms with Gasteiger partial charge >= 0.3 is 0 Å². The normalized spacial score (nSPS) is 13.7. The van der Waals surface area contributed by atoms with E-state index in [-0.39, 0.29) is 17.3 Å². The SMILES string of the molecule is COc1cccc(N2CCN(c3cc(SCC(=O)Nc4ccccc4F)ncn3)CC2)c1. The van der Waals surface area contributed by atoms with Crippen molar-refractivity contribution in [1.29, 1.82) is 0 Å². The molecule has 7 nitrogen and oxygen atoms in total. The van der Waals surface area contributed by atoms with E-state index in [1.54, 1.807) is 19.2 Å². The Morgan fingerprint density at radius 1 is 1.06 bits per heavy atom. The van der Waals surface area contributed by atoms with E-state index in [0.29, 0.717) is 5.03 Å². The highest BCUT2D eigenvalue weighted by atomic mass is 32.2. The highest BCUT2D eigenvalue weighted by Crippen LogP contribution is 2.25. The van der Waals surface area contributed by atoms with Crippen LogP contribution in [-0.2, 0) is 4.79 Å². The number of hydrogen-bond donors (Lipinski definition) is 1. The van der Waals surface area contributed by atoms with Crippen molar-refractivity contribution in [2.45, 2.75) is 5.03 Å². The predicted molar refractivity (Wildman–Crippen MR) is 125 cm³/mol. The van der Waals surface area contributed by atoms with Crippen molar-refractivity contribution in [3.05, 3.63) is 66.7 Å². The van der Waals surface area contributed by atoms with Gasteiger partial charge in [0.1, 0.15) is 28.7 Å². The number of thioether (sulfide) groups is 1. The molecule has 1 aliphatic heterocycles. The van der Waals surface area contributed by atoms with Crippen molar-refractivity contribution in [1.82, 2.24) is 9.97 Å². The fourth-order valence-corrected chi connectivity index (χ4v) is 4.13. The minimum atomic E-state index is -0.455. The monoisotopic (exact) mass is 453 g/mol. The number of carbonyl (C=O) groups excluding carboxylic acids is 1. The third-order valence-electron chi connectivity index (χ3n) is 5.15. The van der Waals surface area contributed by atoms with Crippen LogP contribution in [0, 0.1) is 5.82 Å². The van der Waals surface area contributed by atoms with Crippen LogP contribution in [0.3, 0.4) is 0 Å². The summed E-state index contributed by atoms with van der Waals surface area (Å²) in [4.78, 5) is 25.4. The van der Waals surface area contributed by atoms with Crippen molar-refractivity contribution in [3.8, 4) is 5.75 Å². The molecule has 3 aromatic rings. The molecule has 0 spiro atoms. The van der Waals surface area contributed by atoms with Crippen LogP contribution in [0.4, 0.5) is 21.6 Å². The molecule has 1 aliphatic rings. The Hall–Kier alpha value is -3.33. The Morgan fingerprint density at radius 3 is 2.62 bits per heavy atom. The van der Waals surface area contributed by atoms with Gasteiger partial charge in [-0.15, -0.1) is 0 Å². The molecule has 2 heterocycles. The number of aromatic nitrogens is 2. The summed E-state index contributed by atoms with van der Waals surface area (Å²) < 4.78 is 19.0. The van der Waals surface area contributed by atoms with Crippen LogP contribution in [-0.4, -0.2) is 54.9 Å². The Morgan fingerprint density at radius 2 is 1.84 bits per heavy atom. The van der Waals surface area contributed by atoms with Crippen molar-refractivity contribution >= 4 is 34.9 Å². The molecule has 2 aromatic carbocycles. The number of anilines is 3. The molecule has 0 atom stereocenters. The molecule has 32 heavy (non-hydrogen) atoms. The summed E-state index contributed by atoms with van der Waals surface area (Å²) in [6, 6.07) is 16.1. The number of nitrogens with one attached hydrogen (secondary N) is 1. The Kier molecular flexibility index (Phi) is 7.06. The first-order chi connectivity index (χ1) is 15.6. The number of carbonyl (C=O) groups is 1. The highest BCUT2D eigenvalue weighted by Gasteiger charge is 2.19. The fourth-order valence-electron chi connectivity index (χ4n) is 3.47. The molecular weight excluding hydrogens is 429 g/mol. The van der Waals surface area contributed by atoms with Gasteiger partial charge in [-0.3, -0.25) is 4.79 Å². The maximum atomic E-state index is 13.7. The van der Waals surface area contributed by atoms with Crippen molar-refractivity contribution in [2.24, 2.45) is 0 Å². The highest BCUT2D eigenvalue weighted by molar-refractivity contribution is 7.99. The number of halogens is 1. The molecule has 166 valence electrons. The van der Waals surface area contributed by atoms with Gasteiger partial charge in [0.25, 0.3) is 0 Å². The van der Waals surface area contributed by atoms with E-state index in [1.807, 2.05) is 24.3 Å². The minimum absolute atomic E-state index is 0.133. The minimum Gasteiger partial charge on any atom is -0.497 e. The first-order valence-corrected chi connectivity index (χ1v) is 11.2. The summed E-state index contributed by atoms with van der Waals surface area (Å²) in [6.07, 6.45) is 1.51. The van der Waals surface area contributed by atoms with E-state index < -0.39 is 5.82 Å². The van der Waals surface area contributed by atoms with Crippen LogP contribution in [0.5, 0.6) is 5.75 Å². The molecule has 1 fully saturated rings. The van der Waals surface area contributed by atoms with Crippen molar-refractivity contribution in [3.63, 3.8) is 0 Å². The Balaban J connectivity index is 1.31. The summed E-state index contributed by atoms with van der Waals surface area (Å²) in [6.45, 7) is 3.38. The van der Waals surface area contributed by atoms with E-state index in [9.17, 15) is 9.18 Å². The molecule has 1 amide bonds. The topological polar surface area (TPSA) is 70.6 Å². The Bertz CT molecular complexity index is 1080. The molecular formula is C23H24FN5O2S. The first kappa shape index (κ1) is 21.9. The summed E-state index contributed by atoms with van der Waals surface area (Å²) >= 11 is 1.30. The number of ether oxygens (including phenoxy) is 1. The second kappa shape index (κ2) is 10.3. The number of methoxy groups -OCH3 is 1. The van der Waals surface area contributed by atoms with Gasteiger partial charge in [-0.05, 0) is 24.3 Å². The van der Waals surface area contributed by atoms with E-state index in [2.05, 4.69) is 31.2 Å². The number of rotatable bonds is 7. The number of piperazine rings is 1. The van der Waals surface area contributed by atoms with Crippen LogP contribution in [0.15, 0.2) is 66.0 Å². The third-order valence-corrected chi connectivity index (χ3v) is 6.07. The molecule has 1 aromatic heterocycles. The van der Waals surface area contributed by atoms with Gasteiger partial charge in [-0.2, -0.15) is 0 Å². The molecule has 9 heteroatoms. The molecule has 1 N–H and O–H groups in total. The second-order valence-corrected chi connectivity index (χ2v) is 8.20. The number of amides is 1. The predicted octanol–water partition coefficient (Wildman–Crippen LogP) is 3.68. The molecule has 0 unspecified atom stereocenters. The number of para-hydroxylation sites is 1. The van der Waals surface area contributed by atoms with Gasteiger partial charge in [0.15, 0.2) is 0 Å². The zero-order valence-electron chi connectivity index (χ0n) is 17.7. The summed E-state index contributed by atoms with van der Waals surface area (Å²) in [5.74, 6) is 1.08. The van der Waals surface area contributed by atoms with Crippen LogP contribution in [0.2, 0.25) is 0 Å². The van der Waals surface area contributed by atoms with E-state index in [4.69, 9.17) is 4.74 Å². The molecule has 4 rings (SSSR count).